The second-order valence-corrected chi connectivity index (χ2v) is 4.91. The first kappa shape index (κ1) is 18.7. The molecule has 1 aliphatic heterocycles. The van der Waals surface area contributed by atoms with E-state index in [1.165, 1.54) is 0 Å². The average Bonchev–Trinajstić information content (AvgIpc) is 2.92. The monoisotopic (exact) mass is 312 g/mol. The number of hydrogen-bond donors (Lipinski definition) is 0. The standard InChI is InChI=1S/C15H25BO6/c1-4-7-8-9-10-11-16-21-12(14(17)19-5-2)13(22-16)15(18)20-6-3/h10-13H,4-9H2,1-3H3/b11-10+/t12-,13-/m1/s1. The van der Waals surface area contributed by atoms with Crippen molar-refractivity contribution in [2.75, 3.05) is 13.2 Å². The van der Waals surface area contributed by atoms with Crippen LogP contribution in [0.15, 0.2) is 12.1 Å². The van der Waals surface area contributed by atoms with E-state index in [0.29, 0.717) is 0 Å². The summed E-state index contributed by atoms with van der Waals surface area (Å²) < 4.78 is 20.8. The van der Waals surface area contributed by atoms with E-state index in [4.69, 9.17) is 18.8 Å². The number of hydrogen-bond acceptors (Lipinski definition) is 6. The molecule has 124 valence electrons. The lowest BCUT2D eigenvalue weighted by Crippen LogP contribution is -2.39. The van der Waals surface area contributed by atoms with Crippen LogP contribution in [0.4, 0.5) is 0 Å². The highest BCUT2D eigenvalue weighted by Crippen LogP contribution is 2.20. The predicted molar refractivity (Wildman–Crippen MR) is 82.0 cm³/mol. The highest BCUT2D eigenvalue weighted by atomic mass is 16.7. The Morgan fingerprint density at radius 1 is 1.00 bits per heavy atom. The molecule has 0 radical (unpaired) electrons. The Balaban J connectivity index is 2.61. The Hall–Kier alpha value is -1.34. The van der Waals surface area contributed by atoms with E-state index in [9.17, 15) is 9.59 Å². The second kappa shape index (κ2) is 10.4. The van der Waals surface area contributed by atoms with Crippen molar-refractivity contribution in [3.05, 3.63) is 12.1 Å². The van der Waals surface area contributed by atoms with Crippen LogP contribution < -0.4 is 0 Å². The first-order chi connectivity index (χ1) is 10.6. The number of ether oxygens (including phenoxy) is 2. The summed E-state index contributed by atoms with van der Waals surface area (Å²) in [6, 6.07) is 0. The molecule has 0 amide bonds. The Bertz CT molecular complexity index is 358. The molecular weight excluding hydrogens is 287 g/mol. The lowest BCUT2D eigenvalue weighted by atomic mass is 9.90. The van der Waals surface area contributed by atoms with Crippen LogP contribution in [0.2, 0.25) is 0 Å². The quantitative estimate of drug-likeness (QED) is 0.369. The molecule has 0 aromatic rings. The second-order valence-electron chi connectivity index (χ2n) is 4.91. The summed E-state index contributed by atoms with van der Waals surface area (Å²) in [4.78, 5) is 23.7. The largest absolute Gasteiger partial charge is 0.487 e. The molecule has 1 heterocycles. The summed E-state index contributed by atoms with van der Waals surface area (Å²) in [5, 5.41) is 0. The zero-order valence-corrected chi connectivity index (χ0v) is 13.6. The minimum absolute atomic E-state index is 0.214. The highest BCUT2D eigenvalue weighted by Gasteiger charge is 2.48. The fourth-order valence-electron chi connectivity index (χ4n) is 2.08. The molecule has 0 aromatic heterocycles. The maximum atomic E-state index is 11.9. The lowest BCUT2D eigenvalue weighted by molar-refractivity contribution is -0.163. The Morgan fingerprint density at radius 2 is 1.55 bits per heavy atom. The van der Waals surface area contributed by atoms with Crippen LogP contribution in [-0.2, 0) is 28.4 Å². The third-order valence-electron chi connectivity index (χ3n) is 3.14. The normalized spacial score (nSPS) is 21.3. The van der Waals surface area contributed by atoms with Gasteiger partial charge in [0.2, 0.25) is 0 Å². The maximum absolute atomic E-state index is 11.9. The van der Waals surface area contributed by atoms with Gasteiger partial charge in [-0.2, -0.15) is 0 Å². The van der Waals surface area contributed by atoms with Crippen molar-refractivity contribution in [2.45, 2.75) is 58.7 Å². The molecule has 1 aliphatic rings. The number of esters is 2. The predicted octanol–water partition coefficient (Wildman–Crippen LogP) is 2.06. The Kier molecular flexibility index (Phi) is 8.85. The molecule has 0 N–H and O–H groups in total. The first-order valence-electron chi connectivity index (χ1n) is 7.94. The highest BCUT2D eigenvalue weighted by molar-refractivity contribution is 6.52. The molecule has 1 rings (SSSR count). The summed E-state index contributed by atoms with van der Waals surface area (Å²) in [5.74, 6) is 0.506. The topological polar surface area (TPSA) is 71.1 Å². The van der Waals surface area contributed by atoms with Gasteiger partial charge in [0.1, 0.15) is 0 Å². The van der Waals surface area contributed by atoms with Crippen molar-refractivity contribution in [2.24, 2.45) is 0 Å². The summed E-state index contributed by atoms with van der Waals surface area (Å²) in [6.07, 6.45) is 4.09. The van der Waals surface area contributed by atoms with Gasteiger partial charge < -0.3 is 18.8 Å². The van der Waals surface area contributed by atoms with Gasteiger partial charge in [0, 0.05) is 0 Å². The molecule has 0 aliphatic carbocycles. The molecule has 0 aromatic carbocycles. The molecule has 7 heteroatoms. The molecule has 1 saturated heterocycles. The third kappa shape index (κ3) is 5.81. The van der Waals surface area contributed by atoms with Crippen LogP contribution in [0.5, 0.6) is 0 Å². The van der Waals surface area contributed by atoms with E-state index < -0.39 is 31.3 Å². The Morgan fingerprint density at radius 3 is 2.00 bits per heavy atom. The van der Waals surface area contributed by atoms with Gasteiger partial charge in [0.05, 0.1) is 13.2 Å². The molecule has 0 spiro atoms. The summed E-state index contributed by atoms with van der Waals surface area (Å²) in [6.45, 7) is 5.95. The van der Waals surface area contributed by atoms with E-state index in [-0.39, 0.29) is 13.2 Å². The molecule has 22 heavy (non-hydrogen) atoms. The summed E-state index contributed by atoms with van der Waals surface area (Å²) >= 11 is 0. The van der Waals surface area contributed by atoms with Crippen LogP contribution in [-0.4, -0.2) is 44.5 Å². The van der Waals surface area contributed by atoms with Gasteiger partial charge in [-0.3, -0.25) is 0 Å². The van der Waals surface area contributed by atoms with E-state index in [2.05, 4.69) is 6.92 Å². The van der Waals surface area contributed by atoms with Crippen LogP contribution in [0.25, 0.3) is 0 Å². The van der Waals surface area contributed by atoms with Gasteiger partial charge in [0.25, 0.3) is 0 Å². The summed E-state index contributed by atoms with van der Waals surface area (Å²) in [7, 11) is -0.731. The maximum Gasteiger partial charge on any atom is 0.487 e. The third-order valence-corrected chi connectivity index (χ3v) is 3.14. The zero-order valence-electron chi connectivity index (χ0n) is 13.6. The molecule has 2 atom stereocenters. The van der Waals surface area contributed by atoms with E-state index in [1.807, 2.05) is 6.08 Å². The van der Waals surface area contributed by atoms with Crippen LogP contribution >= 0.6 is 0 Å². The fourth-order valence-corrected chi connectivity index (χ4v) is 2.08. The smallest absolute Gasteiger partial charge is 0.464 e. The van der Waals surface area contributed by atoms with Crippen molar-refractivity contribution >= 4 is 19.1 Å². The minimum Gasteiger partial charge on any atom is -0.464 e. The van der Waals surface area contributed by atoms with E-state index in [0.717, 1.165) is 25.7 Å². The van der Waals surface area contributed by atoms with Gasteiger partial charge in [-0.05, 0) is 26.7 Å². The molecule has 0 bridgehead atoms. The lowest BCUT2D eigenvalue weighted by Gasteiger charge is -2.15. The van der Waals surface area contributed by atoms with Crippen LogP contribution in [0.1, 0.15) is 46.5 Å². The van der Waals surface area contributed by atoms with Gasteiger partial charge in [-0.1, -0.05) is 31.8 Å². The van der Waals surface area contributed by atoms with Crippen LogP contribution in [0, 0.1) is 0 Å². The Labute approximate surface area is 132 Å². The molecule has 0 unspecified atom stereocenters. The minimum atomic E-state index is -1.08. The molecule has 0 saturated carbocycles. The van der Waals surface area contributed by atoms with E-state index in [1.54, 1.807) is 19.8 Å². The fraction of sp³-hybridized carbons (Fsp3) is 0.733. The number of rotatable bonds is 9. The molecular formula is C15H25BO6. The number of unbranched alkanes of at least 4 members (excludes halogenated alkanes) is 3. The van der Waals surface area contributed by atoms with Crippen molar-refractivity contribution in [3.63, 3.8) is 0 Å². The van der Waals surface area contributed by atoms with Crippen molar-refractivity contribution in [1.29, 1.82) is 0 Å². The van der Waals surface area contributed by atoms with Crippen molar-refractivity contribution in [1.82, 2.24) is 0 Å². The van der Waals surface area contributed by atoms with Gasteiger partial charge in [-0.25, -0.2) is 9.59 Å². The SMILES string of the molecule is CCCCC/C=C/B1O[C@@H](C(=O)OCC)[C@H](C(=O)OCC)O1. The van der Waals surface area contributed by atoms with Gasteiger partial charge in [-0.15, -0.1) is 0 Å². The number of carbonyl (C=O) groups is 2. The van der Waals surface area contributed by atoms with Crippen molar-refractivity contribution < 1.29 is 28.4 Å². The molecule has 1 fully saturated rings. The van der Waals surface area contributed by atoms with Gasteiger partial charge in [0.15, 0.2) is 12.2 Å². The van der Waals surface area contributed by atoms with Gasteiger partial charge >= 0.3 is 19.1 Å². The summed E-state index contributed by atoms with van der Waals surface area (Å²) in [5.41, 5.74) is 0. The number of allylic oxidation sites excluding steroid dienone is 1. The number of carbonyl (C=O) groups excluding carboxylic acids is 2. The molecule has 6 nitrogen and oxygen atoms in total. The zero-order chi connectivity index (χ0) is 16.4. The van der Waals surface area contributed by atoms with E-state index >= 15 is 0 Å². The first-order valence-corrected chi connectivity index (χ1v) is 7.94. The van der Waals surface area contributed by atoms with Crippen molar-refractivity contribution in [3.8, 4) is 0 Å². The van der Waals surface area contributed by atoms with Crippen LogP contribution in [0.3, 0.4) is 0 Å². The average molecular weight is 312 g/mol.